The van der Waals surface area contributed by atoms with Gasteiger partial charge in [0.05, 0.1) is 13.2 Å². The van der Waals surface area contributed by atoms with Gasteiger partial charge in [-0.15, -0.1) is 0 Å². The number of carbonyl (C=O) groups excluding carboxylic acids is 1. The Kier molecular flexibility index (Phi) is 6.34. The molecule has 1 heterocycles. The fourth-order valence-electron chi connectivity index (χ4n) is 2.30. The van der Waals surface area contributed by atoms with Crippen LogP contribution in [-0.4, -0.2) is 38.3 Å². The summed E-state index contributed by atoms with van der Waals surface area (Å²) in [6, 6.07) is 7.84. The molecular weight excluding hydrogens is 268 g/mol. The number of ether oxygens (including phenoxy) is 2. The Morgan fingerprint density at radius 2 is 2.00 bits per heavy atom. The summed E-state index contributed by atoms with van der Waals surface area (Å²) in [5.74, 6) is 1.76. The maximum absolute atomic E-state index is 11.7. The monoisotopic (exact) mass is 292 g/mol. The van der Waals surface area contributed by atoms with Crippen molar-refractivity contribution in [3.8, 4) is 11.5 Å². The van der Waals surface area contributed by atoms with E-state index in [0.717, 1.165) is 37.4 Å². The molecule has 1 fully saturated rings. The third-order valence-electron chi connectivity index (χ3n) is 3.38. The van der Waals surface area contributed by atoms with E-state index in [9.17, 15) is 4.79 Å². The van der Waals surface area contributed by atoms with Gasteiger partial charge in [0.1, 0.15) is 11.5 Å². The standard InChI is InChI=1S/C16H24N2O3/c1-2-20-14-5-7-15(8-6-14)21-11-3-4-16(19)18-13-9-10-17-12-13/h5-8,13,17H,2-4,9-12H2,1H3,(H,18,19). The van der Waals surface area contributed by atoms with Crippen LogP contribution in [0.4, 0.5) is 0 Å². The second kappa shape index (κ2) is 8.52. The topological polar surface area (TPSA) is 59.6 Å². The largest absolute Gasteiger partial charge is 0.494 e. The molecule has 1 aromatic carbocycles. The summed E-state index contributed by atoms with van der Waals surface area (Å²) in [5.41, 5.74) is 0. The Morgan fingerprint density at radius 1 is 1.29 bits per heavy atom. The molecular formula is C16H24N2O3. The van der Waals surface area contributed by atoms with Crippen molar-refractivity contribution in [1.82, 2.24) is 10.6 Å². The SMILES string of the molecule is CCOc1ccc(OCCCC(=O)NC2CCNC2)cc1. The van der Waals surface area contributed by atoms with E-state index < -0.39 is 0 Å². The van der Waals surface area contributed by atoms with Gasteiger partial charge in [-0.3, -0.25) is 4.79 Å². The molecule has 5 nitrogen and oxygen atoms in total. The smallest absolute Gasteiger partial charge is 0.220 e. The predicted molar refractivity (Wildman–Crippen MR) is 81.8 cm³/mol. The van der Waals surface area contributed by atoms with Crippen LogP contribution in [0.5, 0.6) is 11.5 Å². The molecule has 0 saturated carbocycles. The van der Waals surface area contributed by atoms with Gasteiger partial charge in [0, 0.05) is 19.0 Å². The lowest BCUT2D eigenvalue weighted by molar-refractivity contribution is -0.121. The molecule has 116 valence electrons. The second-order valence-electron chi connectivity index (χ2n) is 5.11. The summed E-state index contributed by atoms with van der Waals surface area (Å²) in [6.45, 7) is 5.04. The van der Waals surface area contributed by atoms with Gasteiger partial charge >= 0.3 is 0 Å². The van der Waals surface area contributed by atoms with E-state index in [1.54, 1.807) is 0 Å². The van der Waals surface area contributed by atoms with Crippen molar-refractivity contribution in [2.24, 2.45) is 0 Å². The average molecular weight is 292 g/mol. The minimum atomic E-state index is 0.110. The van der Waals surface area contributed by atoms with Gasteiger partial charge in [0.2, 0.25) is 5.91 Å². The average Bonchev–Trinajstić information content (AvgIpc) is 2.98. The Morgan fingerprint density at radius 3 is 2.62 bits per heavy atom. The van der Waals surface area contributed by atoms with Crippen LogP contribution in [0.15, 0.2) is 24.3 Å². The lowest BCUT2D eigenvalue weighted by Gasteiger charge is -2.11. The highest BCUT2D eigenvalue weighted by Gasteiger charge is 2.15. The molecule has 21 heavy (non-hydrogen) atoms. The summed E-state index contributed by atoms with van der Waals surface area (Å²) in [4.78, 5) is 11.7. The second-order valence-corrected chi connectivity index (χ2v) is 5.11. The summed E-state index contributed by atoms with van der Waals surface area (Å²) in [6.07, 6.45) is 2.25. The van der Waals surface area contributed by atoms with Gasteiger partial charge in [-0.2, -0.15) is 0 Å². The van der Waals surface area contributed by atoms with Crippen molar-refractivity contribution in [2.75, 3.05) is 26.3 Å². The van der Waals surface area contributed by atoms with Crippen LogP contribution in [0.25, 0.3) is 0 Å². The number of benzene rings is 1. The summed E-state index contributed by atoms with van der Waals surface area (Å²) >= 11 is 0. The van der Waals surface area contributed by atoms with Crippen LogP contribution >= 0.6 is 0 Å². The van der Waals surface area contributed by atoms with Gasteiger partial charge < -0.3 is 20.1 Å². The van der Waals surface area contributed by atoms with E-state index >= 15 is 0 Å². The molecule has 0 aromatic heterocycles. The first kappa shape index (κ1) is 15.6. The first-order chi connectivity index (χ1) is 10.3. The van der Waals surface area contributed by atoms with E-state index in [1.165, 1.54) is 0 Å². The zero-order valence-electron chi connectivity index (χ0n) is 12.6. The number of hydrogen-bond donors (Lipinski definition) is 2. The van der Waals surface area contributed by atoms with Crippen molar-refractivity contribution < 1.29 is 14.3 Å². The summed E-state index contributed by atoms with van der Waals surface area (Å²) in [5, 5.41) is 6.26. The minimum Gasteiger partial charge on any atom is -0.494 e. The highest BCUT2D eigenvalue weighted by atomic mass is 16.5. The molecule has 1 unspecified atom stereocenters. The molecule has 2 rings (SSSR count). The lowest BCUT2D eigenvalue weighted by atomic mass is 10.2. The highest BCUT2D eigenvalue weighted by molar-refractivity contribution is 5.76. The normalized spacial score (nSPS) is 17.5. The predicted octanol–water partition coefficient (Wildman–Crippen LogP) is 1.72. The molecule has 0 spiro atoms. The molecule has 1 amide bonds. The van der Waals surface area contributed by atoms with E-state index in [-0.39, 0.29) is 5.91 Å². The first-order valence-electron chi connectivity index (χ1n) is 7.63. The Hall–Kier alpha value is -1.75. The minimum absolute atomic E-state index is 0.110. The maximum atomic E-state index is 11.7. The van der Waals surface area contributed by atoms with Gasteiger partial charge in [0.15, 0.2) is 0 Å². The molecule has 1 atom stereocenters. The molecule has 0 radical (unpaired) electrons. The Balaban J connectivity index is 1.59. The van der Waals surface area contributed by atoms with Crippen molar-refractivity contribution in [3.63, 3.8) is 0 Å². The van der Waals surface area contributed by atoms with E-state index in [1.807, 2.05) is 31.2 Å². The van der Waals surface area contributed by atoms with Crippen LogP contribution in [0, 0.1) is 0 Å². The molecule has 1 aliphatic rings. The van der Waals surface area contributed by atoms with Gasteiger partial charge in [0.25, 0.3) is 0 Å². The maximum Gasteiger partial charge on any atom is 0.220 e. The van der Waals surface area contributed by atoms with Crippen molar-refractivity contribution >= 4 is 5.91 Å². The van der Waals surface area contributed by atoms with Crippen LogP contribution in [0.1, 0.15) is 26.2 Å². The highest BCUT2D eigenvalue weighted by Crippen LogP contribution is 2.17. The molecule has 0 aliphatic carbocycles. The third kappa shape index (κ3) is 5.63. The zero-order valence-corrected chi connectivity index (χ0v) is 12.6. The third-order valence-corrected chi connectivity index (χ3v) is 3.38. The number of amides is 1. The molecule has 2 N–H and O–H groups in total. The van der Waals surface area contributed by atoms with E-state index in [0.29, 0.717) is 25.7 Å². The van der Waals surface area contributed by atoms with Crippen molar-refractivity contribution in [3.05, 3.63) is 24.3 Å². The van der Waals surface area contributed by atoms with Gasteiger partial charge in [-0.1, -0.05) is 0 Å². The molecule has 1 saturated heterocycles. The number of hydrogen-bond acceptors (Lipinski definition) is 4. The quantitative estimate of drug-likeness (QED) is 0.716. The van der Waals surface area contributed by atoms with Gasteiger partial charge in [-0.05, 0) is 50.6 Å². The fourth-order valence-corrected chi connectivity index (χ4v) is 2.30. The van der Waals surface area contributed by atoms with Crippen molar-refractivity contribution in [1.29, 1.82) is 0 Å². The van der Waals surface area contributed by atoms with Crippen LogP contribution < -0.4 is 20.1 Å². The van der Waals surface area contributed by atoms with Crippen LogP contribution in [-0.2, 0) is 4.79 Å². The summed E-state index contributed by atoms with van der Waals surface area (Å²) < 4.78 is 11.0. The Bertz CT molecular complexity index is 428. The first-order valence-corrected chi connectivity index (χ1v) is 7.63. The molecule has 5 heteroatoms. The number of nitrogens with one attached hydrogen (secondary N) is 2. The van der Waals surface area contributed by atoms with Crippen molar-refractivity contribution in [2.45, 2.75) is 32.2 Å². The molecule has 0 bridgehead atoms. The Labute approximate surface area is 126 Å². The van der Waals surface area contributed by atoms with E-state index in [4.69, 9.17) is 9.47 Å². The number of carbonyl (C=O) groups is 1. The molecule has 1 aromatic rings. The fraction of sp³-hybridized carbons (Fsp3) is 0.562. The van der Waals surface area contributed by atoms with E-state index in [2.05, 4.69) is 10.6 Å². The van der Waals surface area contributed by atoms with Crippen LogP contribution in [0.3, 0.4) is 0 Å². The summed E-state index contributed by atoms with van der Waals surface area (Å²) in [7, 11) is 0. The zero-order chi connectivity index (χ0) is 14.9. The van der Waals surface area contributed by atoms with Crippen LogP contribution in [0.2, 0.25) is 0 Å². The van der Waals surface area contributed by atoms with Gasteiger partial charge in [-0.25, -0.2) is 0 Å². The lowest BCUT2D eigenvalue weighted by Crippen LogP contribution is -2.36. The number of rotatable bonds is 8. The molecule has 1 aliphatic heterocycles.